The number of aryl methyl sites for hydroxylation is 1. The van der Waals surface area contributed by atoms with Crippen LogP contribution in [0.1, 0.15) is 12.5 Å². The summed E-state index contributed by atoms with van der Waals surface area (Å²) in [6, 6.07) is 3.45. The molecule has 9 heteroatoms. The fourth-order valence-electron chi connectivity index (χ4n) is 1.07. The third-order valence-corrected chi connectivity index (χ3v) is 2.87. The molecule has 0 N–H and O–H groups in total. The molecule has 0 bridgehead atoms. The van der Waals surface area contributed by atoms with E-state index < -0.39 is 27.3 Å². The smallest absolute Gasteiger partial charge is 0.427 e. The first kappa shape index (κ1) is 15.3. The zero-order valence-electron chi connectivity index (χ0n) is 9.82. The molecule has 5 nitrogen and oxygen atoms in total. The molecule has 0 aromatic heterocycles. The van der Waals surface area contributed by atoms with E-state index in [0.29, 0.717) is 0 Å². The van der Waals surface area contributed by atoms with Crippen LogP contribution in [-0.4, -0.2) is 19.9 Å². The van der Waals surface area contributed by atoms with Crippen LogP contribution in [0.3, 0.4) is 0 Å². The Morgan fingerprint density at radius 2 is 1.84 bits per heavy atom. The van der Waals surface area contributed by atoms with Gasteiger partial charge in [0.05, 0.1) is 0 Å². The fraction of sp³-hybridized carbons (Fsp3) is 0.300. The molecule has 0 spiro atoms. The Morgan fingerprint density at radius 3 is 2.32 bits per heavy atom. The number of halogens is 3. The van der Waals surface area contributed by atoms with E-state index in [-0.39, 0.29) is 11.3 Å². The number of alkyl halides is 3. The number of carbonyl (C=O) groups is 1. The second-order valence-electron chi connectivity index (χ2n) is 3.50. The molecule has 1 aromatic carbocycles. The van der Waals surface area contributed by atoms with Crippen molar-refractivity contribution in [3.8, 4) is 11.5 Å². The van der Waals surface area contributed by atoms with Crippen molar-refractivity contribution >= 4 is 16.1 Å². The second kappa shape index (κ2) is 5.08. The monoisotopic (exact) mass is 298 g/mol. The zero-order valence-corrected chi connectivity index (χ0v) is 10.6. The molecule has 0 aliphatic heterocycles. The minimum Gasteiger partial charge on any atom is -0.427 e. The summed E-state index contributed by atoms with van der Waals surface area (Å²) < 4.78 is 66.8. The van der Waals surface area contributed by atoms with Crippen molar-refractivity contribution in [1.29, 1.82) is 0 Å². The van der Waals surface area contributed by atoms with Gasteiger partial charge in [0.2, 0.25) is 0 Å². The van der Waals surface area contributed by atoms with Gasteiger partial charge in [-0.2, -0.15) is 21.6 Å². The first-order chi connectivity index (χ1) is 8.53. The zero-order chi connectivity index (χ0) is 14.8. The second-order valence-corrected chi connectivity index (χ2v) is 5.04. The molecule has 0 amide bonds. The maximum Gasteiger partial charge on any atom is 0.534 e. The van der Waals surface area contributed by atoms with E-state index >= 15 is 0 Å². The molecular weight excluding hydrogens is 289 g/mol. The number of hydrogen-bond acceptors (Lipinski definition) is 5. The average molecular weight is 298 g/mol. The fourth-order valence-corrected chi connectivity index (χ4v) is 1.58. The molecule has 0 fully saturated rings. The van der Waals surface area contributed by atoms with Crippen LogP contribution in [0, 0.1) is 6.92 Å². The molecule has 0 atom stereocenters. The highest BCUT2D eigenvalue weighted by Gasteiger charge is 2.48. The number of benzene rings is 1. The minimum absolute atomic E-state index is 0.120. The molecule has 106 valence electrons. The minimum atomic E-state index is -5.76. The van der Waals surface area contributed by atoms with E-state index in [0.717, 1.165) is 13.0 Å². The van der Waals surface area contributed by atoms with Crippen LogP contribution in [0.5, 0.6) is 11.5 Å². The molecule has 1 aromatic rings. The van der Waals surface area contributed by atoms with Crippen molar-refractivity contribution in [2.24, 2.45) is 0 Å². The number of ether oxygens (including phenoxy) is 1. The standard InChI is InChI=1S/C10H9F3O5S/c1-6-3-4-8(17-7(2)14)5-9(6)18-19(15,16)10(11,12)13/h3-5H,1-2H3. The van der Waals surface area contributed by atoms with E-state index in [1.165, 1.54) is 19.1 Å². The van der Waals surface area contributed by atoms with Gasteiger partial charge in [-0.05, 0) is 18.6 Å². The van der Waals surface area contributed by atoms with E-state index in [4.69, 9.17) is 0 Å². The van der Waals surface area contributed by atoms with Crippen molar-refractivity contribution in [1.82, 2.24) is 0 Å². The summed E-state index contributed by atoms with van der Waals surface area (Å²) in [7, 11) is -5.76. The summed E-state index contributed by atoms with van der Waals surface area (Å²) in [6.07, 6.45) is 0. The van der Waals surface area contributed by atoms with Gasteiger partial charge in [0.15, 0.2) is 0 Å². The number of carbonyl (C=O) groups excluding carboxylic acids is 1. The molecule has 0 unspecified atom stereocenters. The third kappa shape index (κ3) is 3.85. The molecule has 0 aliphatic rings. The van der Waals surface area contributed by atoms with Crippen LogP contribution >= 0.6 is 0 Å². The highest BCUT2D eigenvalue weighted by molar-refractivity contribution is 7.88. The average Bonchev–Trinajstić information content (AvgIpc) is 2.20. The van der Waals surface area contributed by atoms with Crippen LogP contribution in [0.25, 0.3) is 0 Å². The lowest BCUT2D eigenvalue weighted by molar-refractivity contribution is -0.131. The van der Waals surface area contributed by atoms with Gasteiger partial charge in [-0.15, -0.1) is 0 Å². The molecular formula is C10H9F3O5S. The van der Waals surface area contributed by atoms with Crippen LogP contribution in [0.4, 0.5) is 13.2 Å². The van der Waals surface area contributed by atoms with Gasteiger partial charge in [0.25, 0.3) is 0 Å². The summed E-state index contributed by atoms with van der Waals surface area (Å²) >= 11 is 0. The maximum absolute atomic E-state index is 12.2. The number of esters is 1. The van der Waals surface area contributed by atoms with E-state index in [2.05, 4.69) is 8.92 Å². The number of hydrogen-bond donors (Lipinski definition) is 0. The van der Waals surface area contributed by atoms with Crippen molar-refractivity contribution in [3.05, 3.63) is 23.8 Å². The summed E-state index contributed by atoms with van der Waals surface area (Å²) in [6.45, 7) is 2.44. The molecule has 0 aliphatic carbocycles. The molecule has 0 radical (unpaired) electrons. The van der Waals surface area contributed by atoms with Crippen molar-refractivity contribution in [2.45, 2.75) is 19.4 Å². The van der Waals surface area contributed by atoms with Crippen molar-refractivity contribution < 1.29 is 35.3 Å². The van der Waals surface area contributed by atoms with Gasteiger partial charge in [-0.1, -0.05) is 6.07 Å². The van der Waals surface area contributed by atoms with Gasteiger partial charge in [-0.25, -0.2) is 0 Å². The summed E-state index contributed by atoms with van der Waals surface area (Å²) in [5, 5.41) is 0. The van der Waals surface area contributed by atoms with Crippen LogP contribution < -0.4 is 8.92 Å². The highest BCUT2D eigenvalue weighted by Crippen LogP contribution is 2.31. The molecule has 19 heavy (non-hydrogen) atoms. The lowest BCUT2D eigenvalue weighted by Gasteiger charge is -2.12. The molecule has 0 saturated carbocycles. The lowest BCUT2D eigenvalue weighted by Crippen LogP contribution is -2.28. The highest BCUT2D eigenvalue weighted by atomic mass is 32.2. The molecule has 0 saturated heterocycles. The molecule has 0 heterocycles. The van der Waals surface area contributed by atoms with Gasteiger partial charge in [0, 0.05) is 13.0 Å². The SMILES string of the molecule is CC(=O)Oc1ccc(C)c(OS(=O)(=O)C(F)(F)F)c1. The topological polar surface area (TPSA) is 69.7 Å². The Morgan fingerprint density at radius 1 is 1.26 bits per heavy atom. The lowest BCUT2D eigenvalue weighted by atomic mass is 10.2. The van der Waals surface area contributed by atoms with Gasteiger partial charge in [-0.3, -0.25) is 4.79 Å². The Kier molecular flexibility index (Phi) is 4.09. The van der Waals surface area contributed by atoms with Crippen LogP contribution in [0.2, 0.25) is 0 Å². The van der Waals surface area contributed by atoms with Crippen molar-refractivity contribution in [3.63, 3.8) is 0 Å². The van der Waals surface area contributed by atoms with Gasteiger partial charge < -0.3 is 8.92 Å². The maximum atomic E-state index is 12.2. The van der Waals surface area contributed by atoms with Crippen LogP contribution in [0.15, 0.2) is 18.2 Å². The predicted molar refractivity (Wildman–Crippen MR) is 58.1 cm³/mol. The third-order valence-electron chi connectivity index (χ3n) is 1.90. The Bertz CT molecular complexity index is 592. The van der Waals surface area contributed by atoms with Gasteiger partial charge >= 0.3 is 21.6 Å². The van der Waals surface area contributed by atoms with Crippen molar-refractivity contribution in [2.75, 3.05) is 0 Å². The Balaban J connectivity index is 3.11. The van der Waals surface area contributed by atoms with Gasteiger partial charge in [0.1, 0.15) is 11.5 Å². The predicted octanol–water partition coefficient (Wildman–Crippen LogP) is 2.15. The number of rotatable bonds is 3. The normalized spacial score (nSPS) is 12.1. The Hall–Kier alpha value is -1.77. The molecule has 1 rings (SSSR count). The summed E-state index contributed by atoms with van der Waals surface area (Å²) in [4.78, 5) is 10.7. The van der Waals surface area contributed by atoms with E-state index in [1.807, 2.05) is 0 Å². The quantitative estimate of drug-likeness (QED) is 0.370. The summed E-state index contributed by atoms with van der Waals surface area (Å²) in [5.41, 5.74) is -5.39. The Labute approximate surface area is 107 Å². The van der Waals surface area contributed by atoms with E-state index in [1.54, 1.807) is 0 Å². The largest absolute Gasteiger partial charge is 0.534 e. The first-order valence-electron chi connectivity index (χ1n) is 4.83. The van der Waals surface area contributed by atoms with Crippen LogP contribution in [-0.2, 0) is 14.9 Å². The first-order valence-corrected chi connectivity index (χ1v) is 6.23. The van der Waals surface area contributed by atoms with E-state index in [9.17, 15) is 26.4 Å². The summed E-state index contributed by atoms with van der Waals surface area (Å²) in [5.74, 6) is -1.38.